The van der Waals surface area contributed by atoms with Crippen molar-refractivity contribution in [2.24, 2.45) is 0 Å². The zero-order valence-corrected chi connectivity index (χ0v) is 18.4. The monoisotopic (exact) mass is 415 g/mol. The van der Waals surface area contributed by atoms with E-state index in [-0.39, 0.29) is 5.91 Å². The molecule has 0 aliphatic heterocycles. The summed E-state index contributed by atoms with van der Waals surface area (Å²) < 4.78 is 1.11. The summed E-state index contributed by atoms with van der Waals surface area (Å²) in [5, 5.41) is 0.729. The van der Waals surface area contributed by atoms with Crippen molar-refractivity contribution < 1.29 is 4.79 Å². The standard InChI is InChI=1S/C25H25N3OS/c1-4-19-8-7-10-22-24(19)27-25(30-22)28(16-21-9-5-6-13-26-21)23(29)15-20-14-17(2)11-12-18(20)3/h5-14H,4,15-16H2,1-3H3. The summed E-state index contributed by atoms with van der Waals surface area (Å²) in [6, 6.07) is 18.3. The predicted octanol–water partition coefficient (Wildman–Crippen LogP) is 5.65. The lowest BCUT2D eigenvalue weighted by Gasteiger charge is -2.20. The summed E-state index contributed by atoms with van der Waals surface area (Å²) in [6.45, 7) is 6.65. The van der Waals surface area contributed by atoms with Gasteiger partial charge >= 0.3 is 0 Å². The first-order valence-electron chi connectivity index (χ1n) is 10.2. The van der Waals surface area contributed by atoms with Gasteiger partial charge in [-0.2, -0.15) is 0 Å². The third kappa shape index (κ3) is 4.26. The number of carbonyl (C=O) groups is 1. The van der Waals surface area contributed by atoms with Crippen LogP contribution >= 0.6 is 11.3 Å². The highest BCUT2D eigenvalue weighted by Gasteiger charge is 2.22. The number of anilines is 1. The van der Waals surface area contributed by atoms with E-state index in [2.05, 4.69) is 62.2 Å². The van der Waals surface area contributed by atoms with E-state index < -0.39 is 0 Å². The number of nitrogens with zero attached hydrogens (tertiary/aromatic N) is 3. The second kappa shape index (κ2) is 8.76. The Hall–Kier alpha value is -3.05. The average Bonchev–Trinajstić information content (AvgIpc) is 3.19. The van der Waals surface area contributed by atoms with Crippen molar-refractivity contribution in [1.29, 1.82) is 0 Å². The van der Waals surface area contributed by atoms with Gasteiger partial charge in [-0.3, -0.25) is 14.7 Å². The van der Waals surface area contributed by atoms with E-state index in [0.29, 0.717) is 13.0 Å². The highest BCUT2D eigenvalue weighted by atomic mass is 32.1. The molecule has 0 fully saturated rings. The smallest absolute Gasteiger partial charge is 0.233 e. The number of rotatable bonds is 6. The molecule has 2 aromatic carbocycles. The van der Waals surface area contributed by atoms with Crippen LogP contribution in [0.4, 0.5) is 5.13 Å². The summed E-state index contributed by atoms with van der Waals surface area (Å²) in [7, 11) is 0. The van der Waals surface area contributed by atoms with Crippen LogP contribution in [0.5, 0.6) is 0 Å². The van der Waals surface area contributed by atoms with Crippen molar-refractivity contribution in [3.63, 3.8) is 0 Å². The van der Waals surface area contributed by atoms with Gasteiger partial charge in [0.05, 0.1) is 28.9 Å². The number of thiazole rings is 1. The van der Waals surface area contributed by atoms with Crippen LogP contribution in [0.1, 0.15) is 34.9 Å². The fraction of sp³-hybridized carbons (Fsp3) is 0.240. The maximum atomic E-state index is 13.5. The van der Waals surface area contributed by atoms with Crippen LogP contribution in [0.3, 0.4) is 0 Å². The summed E-state index contributed by atoms with van der Waals surface area (Å²) in [5.41, 5.74) is 6.39. The molecule has 2 heterocycles. The van der Waals surface area contributed by atoms with E-state index >= 15 is 0 Å². The van der Waals surface area contributed by atoms with Crippen molar-refractivity contribution >= 4 is 32.6 Å². The normalized spacial score (nSPS) is 11.0. The lowest BCUT2D eigenvalue weighted by molar-refractivity contribution is -0.118. The summed E-state index contributed by atoms with van der Waals surface area (Å²) in [5.74, 6) is 0.0338. The molecule has 4 aromatic rings. The number of aromatic nitrogens is 2. The largest absolute Gasteiger partial charge is 0.282 e. The van der Waals surface area contributed by atoms with Gasteiger partial charge in [0.1, 0.15) is 0 Å². The average molecular weight is 416 g/mol. The van der Waals surface area contributed by atoms with Crippen LogP contribution in [0.15, 0.2) is 60.8 Å². The van der Waals surface area contributed by atoms with Gasteiger partial charge in [-0.1, -0.05) is 60.2 Å². The molecule has 30 heavy (non-hydrogen) atoms. The van der Waals surface area contributed by atoms with Gasteiger partial charge in [0.15, 0.2) is 5.13 Å². The lowest BCUT2D eigenvalue weighted by Crippen LogP contribution is -2.32. The number of para-hydroxylation sites is 1. The maximum absolute atomic E-state index is 13.5. The van der Waals surface area contributed by atoms with Crippen LogP contribution in [-0.4, -0.2) is 15.9 Å². The van der Waals surface area contributed by atoms with Crippen molar-refractivity contribution in [3.8, 4) is 0 Å². The molecule has 0 atom stereocenters. The Morgan fingerprint density at radius 2 is 1.90 bits per heavy atom. The van der Waals surface area contributed by atoms with E-state index in [1.165, 1.54) is 5.56 Å². The number of aryl methyl sites for hydroxylation is 3. The first kappa shape index (κ1) is 20.2. The molecule has 0 radical (unpaired) electrons. The molecule has 0 bridgehead atoms. The quantitative estimate of drug-likeness (QED) is 0.409. The predicted molar refractivity (Wildman–Crippen MR) is 124 cm³/mol. The van der Waals surface area contributed by atoms with Gasteiger partial charge in [0.25, 0.3) is 0 Å². The Morgan fingerprint density at radius 3 is 2.67 bits per heavy atom. The van der Waals surface area contributed by atoms with Crippen LogP contribution < -0.4 is 4.90 Å². The fourth-order valence-electron chi connectivity index (χ4n) is 3.56. The maximum Gasteiger partial charge on any atom is 0.233 e. The molecule has 0 aliphatic rings. The second-order valence-corrected chi connectivity index (χ2v) is 8.53. The molecule has 0 saturated carbocycles. The molecule has 1 amide bonds. The second-order valence-electron chi connectivity index (χ2n) is 7.52. The Morgan fingerprint density at radius 1 is 1.03 bits per heavy atom. The number of benzene rings is 2. The van der Waals surface area contributed by atoms with E-state index in [1.807, 2.05) is 18.2 Å². The number of amides is 1. The number of fused-ring (bicyclic) bond motifs is 1. The SMILES string of the molecule is CCc1cccc2sc(N(Cc3ccccn3)C(=O)Cc3cc(C)ccc3C)nc12. The minimum absolute atomic E-state index is 0.0338. The number of hydrogen-bond acceptors (Lipinski definition) is 4. The van der Waals surface area contributed by atoms with Gasteiger partial charge in [-0.15, -0.1) is 0 Å². The highest BCUT2D eigenvalue weighted by Crippen LogP contribution is 2.32. The molecule has 2 aromatic heterocycles. The number of hydrogen-bond donors (Lipinski definition) is 0. The lowest BCUT2D eigenvalue weighted by atomic mass is 10.0. The number of carbonyl (C=O) groups excluding carboxylic acids is 1. The first-order valence-corrected chi connectivity index (χ1v) is 11.0. The molecule has 4 nitrogen and oxygen atoms in total. The molecule has 0 aliphatic carbocycles. The highest BCUT2D eigenvalue weighted by molar-refractivity contribution is 7.22. The Balaban J connectivity index is 1.72. The van der Waals surface area contributed by atoms with Crippen LogP contribution in [0, 0.1) is 13.8 Å². The van der Waals surface area contributed by atoms with E-state index in [4.69, 9.17) is 4.98 Å². The third-order valence-corrected chi connectivity index (χ3v) is 6.34. The van der Waals surface area contributed by atoms with Crippen molar-refractivity contribution in [2.75, 3.05) is 4.90 Å². The first-order chi connectivity index (χ1) is 14.5. The fourth-order valence-corrected chi connectivity index (χ4v) is 4.59. The zero-order chi connectivity index (χ0) is 21.1. The van der Waals surface area contributed by atoms with Gasteiger partial charge in [0, 0.05) is 6.20 Å². The van der Waals surface area contributed by atoms with E-state index in [0.717, 1.165) is 44.2 Å². The van der Waals surface area contributed by atoms with Crippen molar-refractivity contribution in [3.05, 3.63) is 88.7 Å². The summed E-state index contributed by atoms with van der Waals surface area (Å²) in [6.07, 6.45) is 3.02. The summed E-state index contributed by atoms with van der Waals surface area (Å²) in [4.78, 5) is 24.6. The Bertz CT molecular complexity index is 1180. The molecule has 0 N–H and O–H groups in total. The minimum atomic E-state index is 0.0338. The molecule has 5 heteroatoms. The Kier molecular flexibility index (Phi) is 5.91. The van der Waals surface area contributed by atoms with Crippen LogP contribution in [-0.2, 0) is 24.2 Å². The molecule has 0 unspecified atom stereocenters. The molecule has 0 spiro atoms. The summed E-state index contributed by atoms with van der Waals surface area (Å²) >= 11 is 1.57. The van der Waals surface area contributed by atoms with Gasteiger partial charge in [-0.05, 0) is 55.2 Å². The van der Waals surface area contributed by atoms with Gasteiger partial charge < -0.3 is 0 Å². The number of pyridine rings is 1. The van der Waals surface area contributed by atoms with E-state index in [1.54, 1.807) is 22.4 Å². The third-order valence-electron chi connectivity index (χ3n) is 5.30. The molecule has 4 rings (SSSR count). The molecule has 152 valence electrons. The minimum Gasteiger partial charge on any atom is -0.282 e. The molecular weight excluding hydrogens is 390 g/mol. The van der Waals surface area contributed by atoms with Crippen LogP contribution in [0.25, 0.3) is 10.2 Å². The Labute approximate surface area is 181 Å². The zero-order valence-electron chi connectivity index (χ0n) is 17.6. The van der Waals surface area contributed by atoms with Gasteiger partial charge in [-0.25, -0.2) is 4.98 Å². The van der Waals surface area contributed by atoms with Crippen molar-refractivity contribution in [1.82, 2.24) is 9.97 Å². The van der Waals surface area contributed by atoms with Gasteiger partial charge in [0.2, 0.25) is 5.91 Å². The topological polar surface area (TPSA) is 46.1 Å². The van der Waals surface area contributed by atoms with Crippen molar-refractivity contribution in [2.45, 2.75) is 40.2 Å². The van der Waals surface area contributed by atoms with E-state index in [9.17, 15) is 4.79 Å². The molecular formula is C25H25N3OS. The molecule has 0 saturated heterocycles. The van der Waals surface area contributed by atoms with Crippen LogP contribution in [0.2, 0.25) is 0 Å².